The molecule has 56 valence electrons. The van der Waals surface area contributed by atoms with E-state index < -0.39 is 0 Å². The van der Waals surface area contributed by atoms with Gasteiger partial charge < -0.3 is 4.74 Å². The van der Waals surface area contributed by atoms with Crippen molar-refractivity contribution in [2.45, 2.75) is 25.9 Å². The maximum atomic E-state index is 5.28. The van der Waals surface area contributed by atoms with Crippen LogP contribution in [-0.2, 0) is 4.74 Å². The zero-order chi connectivity index (χ0) is 7.40. The van der Waals surface area contributed by atoms with E-state index in [2.05, 4.69) is 25.2 Å². The zero-order valence-electron chi connectivity index (χ0n) is 6.63. The molecule has 0 fully saturated rings. The summed E-state index contributed by atoms with van der Waals surface area (Å²) in [6.45, 7) is 2.11. The largest absolute Gasteiger partial charge is 0.377 e. The molecule has 0 aromatic carbocycles. The lowest BCUT2D eigenvalue weighted by Crippen LogP contribution is -2.10. The van der Waals surface area contributed by atoms with Gasteiger partial charge in [-0.3, -0.25) is 0 Å². The fraction of sp³-hybridized carbons (Fsp3) is 0.556. The molecule has 0 saturated carbocycles. The lowest BCUT2D eigenvalue weighted by Gasteiger charge is -2.12. The summed E-state index contributed by atoms with van der Waals surface area (Å²) < 4.78 is 5.28. The molecule has 1 aliphatic rings. The summed E-state index contributed by atoms with van der Waals surface area (Å²) >= 11 is 0. The number of hydrogen-bond acceptors (Lipinski definition) is 1. The van der Waals surface area contributed by atoms with E-state index in [1.165, 1.54) is 5.57 Å². The van der Waals surface area contributed by atoms with Gasteiger partial charge in [-0.25, -0.2) is 0 Å². The van der Waals surface area contributed by atoms with Gasteiger partial charge in [-0.15, -0.1) is 0 Å². The Morgan fingerprint density at radius 3 is 3.10 bits per heavy atom. The highest BCUT2D eigenvalue weighted by atomic mass is 16.5. The monoisotopic (exact) mass is 138 g/mol. The molecule has 0 spiro atoms. The first-order valence-corrected chi connectivity index (χ1v) is 3.70. The topological polar surface area (TPSA) is 9.23 Å². The minimum Gasteiger partial charge on any atom is -0.377 e. The lowest BCUT2D eigenvalue weighted by molar-refractivity contribution is 0.125. The van der Waals surface area contributed by atoms with Gasteiger partial charge in [0.15, 0.2) is 0 Å². The van der Waals surface area contributed by atoms with Crippen molar-refractivity contribution in [2.24, 2.45) is 0 Å². The highest BCUT2D eigenvalue weighted by Crippen LogP contribution is 2.15. The predicted octanol–water partition coefficient (Wildman–Crippen LogP) is 2.30. The van der Waals surface area contributed by atoms with E-state index in [0.29, 0.717) is 6.10 Å². The molecule has 0 heterocycles. The number of methoxy groups -OCH3 is 1. The zero-order valence-corrected chi connectivity index (χ0v) is 6.63. The molecular formula is C9H14O. The molecule has 1 heteroatoms. The smallest absolute Gasteiger partial charge is 0.0784 e. The van der Waals surface area contributed by atoms with Crippen molar-refractivity contribution in [3.8, 4) is 0 Å². The van der Waals surface area contributed by atoms with Crippen LogP contribution in [0.15, 0.2) is 23.8 Å². The van der Waals surface area contributed by atoms with Gasteiger partial charge in [0.25, 0.3) is 0 Å². The molecule has 10 heavy (non-hydrogen) atoms. The Labute approximate surface area is 62.4 Å². The molecule has 0 aromatic heterocycles. The van der Waals surface area contributed by atoms with Gasteiger partial charge in [0.05, 0.1) is 6.10 Å². The minimum atomic E-state index is 0.343. The molecule has 0 radical (unpaired) electrons. The SMILES string of the molecule is CO[C@H]1CCC=CC=C1C. The Bertz CT molecular complexity index is 156. The van der Waals surface area contributed by atoms with Crippen LogP contribution < -0.4 is 0 Å². The molecule has 1 atom stereocenters. The van der Waals surface area contributed by atoms with Crippen LogP contribution in [0.1, 0.15) is 19.8 Å². The molecule has 1 rings (SSSR count). The Morgan fingerprint density at radius 1 is 1.60 bits per heavy atom. The molecule has 0 aromatic rings. The summed E-state index contributed by atoms with van der Waals surface area (Å²) in [6, 6.07) is 0. The second kappa shape index (κ2) is 3.57. The molecule has 0 aliphatic heterocycles. The second-order valence-electron chi connectivity index (χ2n) is 2.64. The Morgan fingerprint density at radius 2 is 2.40 bits per heavy atom. The molecule has 0 N–H and O–H groups in total. The van der Waals surface area contributed by atoms with Crippen molar-refractivity contribution in [2.75, 3.05) is 7.11 Å². The van der Waals surface area contributed by atoms with E-state index >= 15 is 0 Å². The standard InChI is InChI=1S/C9H14O/c1-8-6-4-3-5-7-9(8)10-2/h3-4,6,9H,5,7H2,1-2H3/t9-/m0/s1. The van der Waals surface area contributed by atoms with E-state index in [0.717, 1.165) is 12.8 Å². The fourth-order valence-corrected chi connectivity index (χ4v) is 1.20. The summed E-state index contributed by atoms with van der Waals surface area (Å²) in [4.78, 5) is 0. The van der Waals surface area contributed by atoms with Gasteiger partial charge in [0, 0.05) is 7.11 Å². The van der Waals surface area contributed by atoms with Crippen LogP contribution in [0.3, 0.4) is 0 Å². The normalized spacial score (nSPS) is 25.8. The van der Waals surface area contributed by atoms with E-state index in [4.69, 9.17) is 4.74 Å². The Hall–Kier alpha value is -0.560. The minimum absolute atomic E-state index is 0.343. The fourth-order valence-electron chi connectivity index (χ4n) is 1.20. The average Bonchev–Trinajstić information content (AvgIpc) is 2.13. The van der Waals surface area contributed by atoms with Gasteiger partial charge in [0.1, 0.15) is 0 Å². The third-order valence-electron chi connectivity index (χ3n) is 1.88. The van der Waals surface area contributed by atoms with Gasteiger partial charge >= 0.3 is 0 Å². The van der Waals surface area contributed by atoms with Gasteiger partial charge in [0.2, 0.25) is 0 Å². The van der Waals surface area contributed by atoms with Crippen LogP contribution in [0, 0.1) is 0 Å². The van der Waals surface area contributed by atoms with Crippen molar-refractivity contribution < 1.29 is 4.74 Å². The summed E-state index contributed by atoms with van der Waals surface area (Å²) in [7, 11) is 1.77. The van der Waals surface area contributed by atoms with Crippen LogP contribution in [0.2, 0.25) is 0 Å². The van der Waals surface area contributed by atoms with Crippen molar-refractivity contribution in [1.29, 1.82) is 0 Å². The molecule has 0 bridgehead atoms. The molecule has 0 unspecified atom stereocenters. The number of rotatable bonds is 1. The van der Waals surface area contributed by atoms with E-state index in [1.807, 2.05) is 0 Å². The number of ether oxygens (including phenoxy) is 1. The highest BCUT2D eigenvalue weighted by Gasteiger charge is 2.08. The maximum Gasteiger partial charge on any atom is 0.0784 e. The van der Waals surface area contributed by atoms with E-state index in [9.17, 15) is 0 Å². The van der Waals surface area contributed by atoms with Crippen molar-refractivity contribution >= 4 is 0 Å². The quantitative estimate of drug-likeness (QED) is 0.540. The van der Waals surface area contributed by atoms with Gasteiger partial charge in [-0.05, 0) is 25.3 Å². The molecule has 0 saturated heterocycles. The van der Waals surface area contributed by atoms with Crippen LogP contribution in [0.4, 0.5) is 0 Å². The molecule has 1 nitrogen and oxygen atoms in total. The van der Waals surface area contributed by atoms with Crippen molar-refractivity contribution in [3.63, 3.8) is 0 Å². The van der Waals surface area contributed by atoms with Crippen LogP contribution in [0.25, 0.3) is 0 Å². The van der Waals surface area contributed by atoms with Crippen LogP contribution >= 0.6 is 0 Å². The average molecular weight is 138 g/mol. The maximum absolute atomic E-state index is 5.28. The summed E-state index contributed by atoms with van der Waals surface area (Å²) in [5.41, 5.74) is 1.33. The first-order chi connectivity index (χ1) is 4.84. The van der Waals surface area contributed by atoms with E-state index in [1.54, 1.807) is 7.11 Å². The number of hydrogen-bond donors (Lipinski definition) is 0. The van der Waals surface area contributed by atoms with Crippen LogP contribution in [-0.4, -0.2) is 13.2 Å². The first kappa shape index (κ1) is 7.55. The van der Waals surface area contributed by atoms with Crippen LogP contribution in [0.5, 0.6) is 0 Å². The Kier molecular flexibility index (Phi) is 2.69. The third kappa shape index (κ3) is 1.71. The second-order valence-corrected chi connectivity index (χ2v) is 2.64. The molecule has 0 amide bonds. The van der Waals surface area contributed by atoms with Gasteiger partial charge in [-0.1, -0.05) is 18.2 Å². The summed E-state index contributed by atoms with van der Waals surface area (Å²) in [5, 5.41) is 0. The highest BCUT2D eigenvalue weighted by molar-refractivity contribution is 5.17. The summed E-state index contributed by atoms with van der Waals surface area (Å²) in [5.74, 6) is 0. The number of allylic oxidation sites excluding steroid dienone is 3. The van der Waals surface area contributed by atoms with Crippen molar-refractivity contribution in [3.05, 3.63) is 23.8 Å². The van der Waals surface area contributed by atoms with Gasteiger partial charge in [-0.2, -0.15) is 0 Å². The Balaban J connectivity index is 2.60. The summed E-state index contributed by atoms with van der Waals surface area (Å²) in [6.07, 6.45) is 9.01. The molecule has 1 aliphatic carbocycles. The first-order valence-electron chi connectivity index (χ1n) is 3.70. The predicted molar refractivity (Wildman–Crippen MR) is 42.9 cm³/mol. The third-order valence-corrected chi connectivity index (χ3v) is 1.88. The van der Waals surface area contributed by atoms with E-state index in [-0.39, 0.29) is 0 Å². The lowest BCUT2D eigenvalue weighted by atomic mass is 10.1. The molecular weight excluding hydrogens is 124 g/mol. The van der Waals surface area contributed by atoms with Crippen molar-refractivity contribution in [1.82, 2.24) is 0 Å².